The van der Waals surface area contributed by atoms with Crippen molar-refractivity contribution < 1.29 is 18.3 Å². The molecule has 0 saturated carbocycles. The van der Waals surface area contributed by atoms with Crippen LogP contribution >= 0.6 is 0 Å². The van der Waals surface area contributed by atoms with Crippen LogP contribution in [0.15, 0.2) is 18.2 Å². The van der Waals surface area contributed by atoms with Gasteiger partial charge in [0.25, 0.3) is 5.91 Å². The maximum Gasteiger partial charge on any atom is 0.250 e. The molecule has 94 valence electrons. The summed E-state index contributed by atoms with van der Waals surface area (Å²) in [4.78, 5) is 11.4. The van der Waals surface area contributed by atoms with Gasteiger partial charge < -0.3 is 15.8 Å². The number of halogens is 2. The summed E-state index contributed by atoms with van der Waals surface area (Å²) in [7, 11) is 1.37. The molecule has 6 heteroatoms. The van der Waals surface area contributed by atoms with Crippen LogP contribution in [0, 0.1) is 11.6 Å². The van der Waals surface area contributed by atoms with Crippen molar-refractivity contribution in [2.24, 2.45) is 5.73 Å². The monoisotopic (exact) mass is 244 g/mol. The first-order chi connectivity index (χ1) is 8.08. The van der Waals surface area contributed by atoms with Gasteiger partial charge in [-0.1, -0.05) is 6.07 Å². The SMILES string of the molecule is COC(CN)C(=O)NCc1ccc(F)c(F)c1. The molecule has 0 saturated heterocycles. The van der Waals surface area contributed by atoms with Gasteiger partial charge in [-0.05, 0) is 17.7 Å². The summed E-state index contributed by atoms with van der Waals surface area (Å²) in [5.41, 5.74) is 5.76. The second-order valence-corrected chi connectivity index (χ2v) is 3.43. The molecule has 1 aromatic rings. The Balaban J connectivity index is 2.55. The van der Waals surface area contributed by atoms with Crippen molar-refractivity contribution >= 4 is 5.91 Å². The molecule has 1 rings (SSSR count). The van der Waals surface area contributed by atoms with Crippen LogP contribution in [-0.4, -0.2) is 25.7 Å². The summed E-state index contributed by atoms with van der Waals surface area (Å²) in [5.74, 6) is -2.25. The topological polar surface area (TPSA) is 64.3 Å². The standard InChI is InChI=1S/C11H14F2N2O2/c1-17-10(5-14)11(16)15-6-7-2-3-8(12)9(13)4-7/h2-4,10H,5-6,14H2,1H3,(H,15,16). The molecule has 1 aromatic carbocycles. The zero-order valence-electron chi connectivity index (χ0n) is 9.37. The molecule has 3 N–H and O–H groups in total. The fourth-order valence-corrected chi connectivity index (χ4v) is 1.26. The molecule has 0 aromatic heterocycles. The van der Waals surface area contributed by atoms with Crippen molar-refractivity contribution in [1.29, 1.82) is 0 Å². The van der Waals surface area contributed by atoms with Crippen LogP contribution in [0.3, 0.4) is 0 Å². The molecule has 1 unspecified atom stereocenters. The quantitative estimate of drug-likeness (QED) is 0.795. The van der Waals surface area contributed by atoms with Crippen LogP contribution in [0.25, 0.3) is 0 Å². The van der Waals surface area contributed by atoms with Crippen molar-refractivity contribution in [2.45, 2.75) is 12.6 Å². The van der Waals surface area contributed by atoms with Gasteiger partial charge in [0, 0.05) is 20.2 Å². The second kappa shape index (κ2) is 6.27. The van der Waals surface area contributed by atoms with E-state index in [0.29, 0.717) is 5.56 Å². The number of ether oxygens (including phenoxy) is 1. The van der Waals surface area contributed by atoms with E-state index in [1.165, 1.54) is 13.2 Å². The van der Waals surface area contributed by atoms with Gasteiger partial charge >= 0.3 is 0 Å². The van der Waals surface area contributed by atoms with Gasteiger partial charge in [-0.2, -0.15) is 0 Å². The van der Waals surface area contributed by atoms with Crippen LogP contribution in [0.5, 0.6) is 0 Å². The van der Waals surface area contributed by atoms with Gasteiger partial charge in [-0.25, -0.2) is 8.78 Å². The Bertz CT molecular complexity index is 395. The number of benzene rings is 1. The molecule has 1 amide bonds. The number of nitrogens with one attached hydrogen (secondary N) is 1. The molecule has 0 fully saturated rings. The number of hydrogen-bond acceptors (Lipinski definition) is 3. The fraction of sp³-hybridized carbons (Fsp3) is 0.364. The molecule has 0 radical (unpaired) electrons. The Hall–Kier alpha value is -1.53. The Morgan fingerprint density at radius 3 is 2.71 bits per heavy atom. The molecule has 17 heavy (non-hydrogen) atoms. The highest BCUT2D eigenvalue weighted by Crippen LogP contribution is 2.08. The average Bonchev–Trinajstić information content (AvgIpc) is 2.32. The molecule has 1 atom stereocenters. The van der Waals surface area contributed by atoms with E-state index in [0.717, 1.165) is 12.1 Å². The fourth-order valence-electron chi connectivity index (χ4n) is 1.26. The third kappa shape index (κ3) is 3.76. The predicted molar refractivity (Wildman–Crippen MR) is 58.1 cm³/mol. The van der Waals surface area contributed by atoms with E-state index in [4.69, 9.17) is 10.5 Å². The highest BCUT2D eigenvalue weighted by Gasteiger charge is 2.15. The number of rotatable bonds is 5. The number of hydrogen-bond donors (Lipinski definition) is 2. The van der Waals surface area contributed by atoms with Gasteiger partial charge in [0.15, 0.2) is 11.6 Å². The molecular formula is C11H14F2N2O2. The summed E-state index contributed by atoms with van der Waals surface area (Å²) in [6.45, 7) is 0.149. The van der Waals surface area contributed by atoms with E-state index >= 15 is 0 Å². The van der Waals surface area contributed by atoms with Crippen molar-refractivity contribution in [3.05, 3.63) is 35.4 Å². The smallest absolute Gasteiger partial charge is 0.250 e. The number of methoxy groups -OCH3 is 1. The van der Waals surface area contributed by atoms with Gasteiger partial charge in [0.1, 0.15) is 6.10 Å². The van der Waals surface area contributed by atoms with Crippen LogP contribution in [-0.2, 0) is 16.1 Å². The molecule has 0 spiro atoms. The van der Waals surface area contributed by atoms with Crippen molar-refractivity contribution in [3.8, 4) is 0 Å². The maximum absolute atomic E-state index is 12.9. The van der Waals surface area contributed by atoms with Gasteiger partial charge in [-0.15, -0.1) is 0 Å². The first kappa shape index (κ1) is 13.5. The second-order valence-electron chi connectivity index (χ2n) is 3.43. The lowest BCUT2D eigenvalue weighted by Gasteiger charge is -2.13. The van der Waals surface area contributed by atoms with E-state index < -0.39 is 17.7 Å². The van der Waals surface area contributed by atoms with Crippen LogP contribution in [0.4, 0.5) is 8.78 Å². The van der Waals surface area contributed by atoms with Crippen LogP contribution in [0.2, 0.25) is 0 Å². The first-order valence-electron chi connectivity index (χ1n) is 5.03. The highest BCUT2D eigenvalue weighted by molar-refractivity contribution is 5.80. The lowest BCUT2D eigenvalue weighted by Crippen LogP contribution is -2.40. The normalized spacial score (nSPS) is 12.2. The maximum atomic E-state index is 12.9. The molecule has 0 aliphatic heterocycles. The largest absolute Gasteiger partial charge is 0.370 e. The summed E-state index contributed by atoms with van der Waals surface area (Å²) in [5, 5.41) is 2.51. The molecular weight excluding hydrogens is 230 g/mol. The average molecular weight is 244 g/mol. The number of amides is 1. The lowest BCUT2D eigenvalue weighted by atomic mass is 10.2. The Kier molecular flexibility index (Phi) is 4.99. The minimum atomic E-state index is -0.945. The molecule has 0 aliphatic carbocycles. The van der Waals surface area contributed by atoms with Crippen molar-refractivity contribution in [1.82, 2.24) is 5.32 Å². The zero-order valence-corrected chi connectivity index (χ0v) is 9.37. The summed E-state index contributed by atoms with van der Waals surface area (Å²) in [6.07, 6.45) is -0.736. The Labute approximate surface area is 97.8 Å². The summed E-state index contributed by atoms with van der Waals surface area (Å²) >= 11 is 0. The number of carbonyl (C=O) groups is 1. The molecule has 0 heterocycles. The lowest BCUT2D eigenvalue weighted by molar-refractivity contribution is -0.130. The van der Waals surface area contributed by atoms with Gasteiger partial charge in [0.05, 0.1) is 0 Å². The predicted octanol–water partition coefficient (Wildman–Crippen LogP) is 0.555. The number of carbonyl (C=O) groups excluding carboxylic acids is 1. The Morgan fingerprint density at radius 1 is 1.47 bits per heavy atom. The minimum absolute atomic E-state index is 0.0557. The Morgan fingerprint density at radius 2 is 2.18 bits per heavy atom. The third-order valence-corrected chi connectivity index (χ3v) is 2.24. The van der Waals surface area contributed by atoms with Gasteiger partial charge in [-0.3, -0.25) is 4.79 Å². The molecule has 4 nitrogen and oxygen atoms in total. The minimum Gasteiger partial charge on any atom is -0.370 e. The van der Waals surface area contributed by atoms with E-state index in [9.17, 15) is 13.6 Å². The highest BCUT2D eigenvalue weighted by atomic mass is 19.2. The first-order valence-corrected chi connectivity index (χ1v) is 5.03. The zero-order chi connectivity index (χ0) is 12.8. The van der Waals surface area contributed by atoms with Crippen molar-refractivity contribution in [3.63, 3.8) is 0 Å². The van der Waals surface area contributed by atoms with E-state index in [-0.39, 0.29) is 19.0 Å². The van der Waals surface area contributed by atoms with E-state index in [2.05, 4.69) is 5.32 Å². The van der Waals surface area contributed by atoms with E-state index in [1.54, 1.807) is 0 Å². The summed E-state index contributed by atoms with van der Waals surface area (Å²) < 4.78 is 30.3. The van der Waals surface area contributed by atoms with Gasteiger partial charge in [0.2, 0.25) is 0 Å². The number of nitrogens with two attached hydrogens (primary N) is 1. The third-order valence-electron chi connectivity index (χ3n) is 2.24. The molecule has 0 bridgehead atoms. The molecule has 0 aliphatic rings. The van der Waals surface area contributed by atoms with Crippen LogP contribution < -0.4 is 11.1 Å². The van der Waals surface area contributed by atoms with E-state index in [1.807, 2.05) is 0 Å². The van der Waals surface area contributed by atoms with Crippen molar-refractivity contribution in [2.75, 3.05) is 13.7 Å². The summed E-state index contributed by atoms with van der Waals surface area (Å²) in [6, 6.07) is 3.43. The van der Waals surface area contributed by atoms with Crippen LogP contribution in [0.1, 0.15) is 5.56 Å².